The van der Waals surface area contributed by atoms with Crippen molar-refractivity contribution in [3.63, 3.8) is 0 Å². The Morgan fingerprint density at radius 1 is 0.867 bits per heavy atom. The molecule has 78 valence electrons. The van der Waals surface area contributed by atoms with Gasteiger partial charge < -0.3 is 5.41 Å². The van der Waals surface area contributed by atoms with Crippen molar-refractivity contribution >= 4 is 11.4 Å². The molecule has 1 aromatic carbocycles. The van der Waals surface area contributed by atoms with Gasteiger partial charge in [-0.15, -0.1) is 0 Å². The van der Waals surface area contributed by atoms with Gasteiger partial charge in [0.15, 0.2) is 0 Å². The van der Waals surface area contributed by atoms with Crippen molar-refractivity contribution in [3.8, 4) is 0 Å². The van der Waals surface area contributed by atoms with E-state index in [0.717, 1.165) is 16.7 Å². The maximum absolute atomic E-state index is 8.00. The fraction of sp³-hybridized carbons (Fsp3) is 0.231. The molecular formula is C13H16N2. The molecule has 0 aliphatic rings. The topological polar surface area (TPSA) is 47.7 Å². The van der Waals surface area contributed by atoms with Crippen LogP contribution in [0.1, 0.15) is 26.3 Å². The zero-order valence-electron chi connectivity index (χ0n) is 9.39. The quantitative estimate of drug-likeness (QED) is 0.702. The highest BCUT2D eigenvalue weighted by atomic mass is 14.4. The first-order valence-corrected chi connectivity index (χ1v) is 4.91. The van der Waals surface area contributed by atoms with Gasteiger partial charge in [0.05, 0.1) is 5.71 Å². The molecule has 0 bridgehead atoms. The summed E-state index contributed by atoms with van der Waals surface area (Å²) in [5.41, 5.74) is 3.67. The third kappa shape index (κ3) is 2.62. The summed E-state index contributed by atoms with van der Waals surface area (Å²) in [5.74, 6) is 0. The summed E-state index contributed by atoms with van der Waals surface area (Å²) in [4.78, 5) is 0. The number of nitrogens with one attached hydrogen (secondary N) is 2. The van der Waals surface area contributed by atoms with Gasteiger partial charge in [-0.05, 0) is 37.5 Å². The van der Waals surface area contributed by atoms with Gasteiger partial charge in [-0.25, -0.2) is 0 Å². The molecule has 0 amide bonds. The van der Waals surface area contributed by atoms with Gasteiger partial charge in [0.25, 0.3) is 0 Å². The van der Waals surface area contributed by atoms with E-state index in [4.69, 9.17) is 10.8 Å². The summed E-state index contributed by atoms with van der Waals surface area (Å²) in [5, 5.41) is 15.5. The highest BCUT2D eigenvalue weighted by Gasteiger charge is 2.07. The molecular weight excluding hydrogens is 184 g/mol. The lowest BCUT2D eigenvalue weighted by atomic mass is 9.98. The van der Waals surface area contributed by atoms with E-state index in [-0.39, 0.29) is 0 Å². The molecule has 0 atom stereocenters. The zero-order valence-corrected chi connectivity index (χ0v) is 9.39. The van der Waals surface area contributed by atoms with E-state index in [2.05, 4.69) is 0 Å². The van der Waals surface area contributed by atoms with E-state index >= 15 is 0 Å². The van der Waals surface area contributed by atoms with Crippen molar-refractivity contribution in [1.29, 1.82) is 10.8 Å². The van der Waals surface area contributed by atoms with Crippen LogP contribution in [0.15, 0.2) is 41.5 Å². The maximum Gasteiger partial charge on any atom is 0.0644 e. The van der Waals surface area contributed by atoms with Crippen LogP contribution in [0.5, 0.6) is 0 Å². The van der Waals surface area contributed by atoms with E-state index in [1.165, 1.54) is 0 Å². The van der Waals surface area contributed by atoms with Crippen molar-refractivity contribution in [2.45, 2.75) is 20.8 Å². The fourth-order valence-electron chi connectivity index (χ4n) is 1.29. The molecule has 0 aliphatic heterocycles. The molecule has 2 nitrogen and oxygen atoms in total. The predicted octanol–water partition coefficient (Wildman–Crippen LogP) is 3.43. The number of benzene rings is 1. The zero-order chi connectivity index (χ0) is 11.4. The molecule has 0 aromatic heterocycles. The Morgan fingerprint density at radius 2 is 1.40 bits per heavy atom. The van der Waals surface area contributed by atoms with Crippen LogP contribution in [0.3, 0.4) is 0 Å². The second kappa shape index (κ2) is 4.69. The maximum atomic E-state index is 8.00. The number of hydrogen-bond donors (Lipinski definition) is 2. The third-order valence-corrected chi connectivity index (χ3v) is 2.56. The minimum Gasteiger partial charge on any atom is -0.305 e. The molecule has 0 saturated heterocycles. The first-order valence-electron chi connectivity index (χ1n) is 4.91. The lowest BCUT2D eigenvalue weighted by Gasteiger charge is -2.08. The summed E-state index contributed by atoms with van der Waals surface area (Å²) < 4.78 is 0. The largest absolute Gasteiger partial charge is 0.305 e. The number of allylic oxidation sites excluding steroid dienone is 2. The molecule has 1 aromatic rings. The Labute approximate surface area is 90.7 Å². The molecule has 0 fully saturated rings. The van der Waals surface area contributed by atoms with Crippen molar-refractivity contribution in [1.82, 2.24) is 0 Å². The van der Waals surface area contributed by atoms with E-state index in [1.807, 2.05) is 44.2 Å². The van der Waals surface area contributed by atoms with Gasteiger partial charge in [-0.2, -0.15) is 0 Å². The Morgan fingerprint density at radius 3 is 1.87 bits per heavy atom. The summed E-state index contributed by atoms with van der Waals surface area (Å²) >= 11 is 0. The van der Waals surface area contributed by atoms with Crippen LogP contribution in [-0.4, -0.2) is 11.4 Å². The van der Waals surface area contributed by atoms with Gasteiger partial charge in [0.2, 0.25) is 0 Å². The van der Waals surface area contributed by atoms with Gasteiger partial charge >= 0.3 is 0 Å². The molecule has 2 N–H and O–H groups in total. The van der Waals surface area contributed by atoms with Crippen LogP contribution >= 0.6 is 0 Å². The molecule has 2 heteroatoms. The Hall–Kier alpha value is -1.70. The molecule has 0 saturated carbocycles. The summed E-state index contributed by atoms with van der Waals surface area (Å²) in [6.45, 7) is 5.52. The van der Waals surface area contributed by atoms with Crippen LogP contribution in [0.25, 0.3) is 0 Å². The van der Waals surface area contributed by atoms with Crippen LogP contribution in [0.2, 0.25) is 0 Å². The predicted molar refractivity (Wildman–Crippen MR) is 65.0 cm³/mol. The number of rotatable bonds is 3. The van der Waals surface area contributed by atoms with Crippen molar-refractivity contribution in [2.24, 2.45) is 0 Å². The Kier molecular flexibility index (Phi) is 3.56. The molecule has 0 radical (unpaired) electrons. The summed E-state index contributed by atoms with van der Waals surface area (Å²) in [6, 6.07) is 9.61. The van der Waals surface area contributed by atoms with Gasteiger partial charge in [-0.3, -0.25) is 5.41 Å². The monoisotopic (exact) mass is 200 g/mol. The highest BCUT2D eigenvalue weighted by molar-refractivity contribution is 6.14. The van der Waals surface area contributed by atoms with Crippen LogP contribution in [0, 0.1) is 10.8 Å². The SMILES string of the molecule is CC(=N)/C(C)=C(/C)C(=N)c1ccccc1. The Bertz CT molecular complexity index is 413. The lowest BCUT2D eigenvalue weighted by Crippen LogP contribution is -2.06. The number of hydrogen-bond acceptors (Lipinski definition) is 2. The Balaban J connectivity index is 3.07. The van der Waals surface area contributed by atoms with Crippen LogP contribution < -0.4 is 0 Å². The lowest BCUT2D eigenvalue weighted by molar-refractivity contribution is 1.34. The molecule has 1 rings (SSSR count). The van der Waals surface area contributed by atoms with E-state index in [9.17, 15) is 0 Å². The minimum absolute atomic E-state index is 0.500. The second-order valence-electron chi connectivity index (χ2n) is 3.62. The van der Waals surface area contributed by atoms with E-state index < -0.39 is 0 Å². The van der Waals surface area contributed by atoms with Gasteiger partial charge in [0, 0.05) is 5.71 Å². The molecule has 0 aliphatic carbocycles. The van der Waals surface area contributed by atoms with Crippen LogP contribution in [-0.2, 0) is 0 Å². The molecule has 0 heterocycles. The average molecular weight is 200 g/mol. The van der Waals surface area contributed by atoms with E-state index in [0.29, 0.717) is 11.4 Å². The molecule has 15 heavy (non-hydrogen) atoms. The van der Waals surface area contributed by atoms with Crippen molar-refractivity contribution in [3.05, 3.63) is 47.0 Å². The minimum atomic E-state index is 0.500. The second-order valence-corrected chi connectivity index (χ2v) is 3.62. The summed E-state index contributed by atoms with van der Waals surface area (Å²) in [7, 11) is 0. The fourth-order valence-corrected chi connectivity index (χ4v) is 1.29. The standard InChI is InChI=1S/C13H16N2/c1-9(11(3)14)10(2)13(15)12-7-5-4-6-8-12/h4-8,14-15H,1-3H3/b10-9-,14-11?,15-13?. The third-order valence-electron chi connectivity index (χ3n) is 2.56. The summed E-state index contributed by atoms with van der Waals surface area (Å²) in [6.07, 6.45) is 0. The van der Waals surface area contributed by atoms with Crippen molar-refractivity contribution < 1.29 is 0 Å². The smallest absolute Gasteiger partial charge is 0.0644 e. The first-order chi connectivity index (χ1) is 7.04. The van der Waals surface area contributed by atoms with Gasteiger partial charge in [-0.1, -0.05) is 30.3 Å². The van der Waals surface area contributed by atoms with Gasteiger partial charge in [0.1, 0.15) is 0 Å². The van der Waals surface area contributed by atoms with E-state index in [1.54, 1.807) is 6.92 Å². The average Bonchev–Trinajstić information content (AvgIpc) is 2.27. The highest BCUT2D eigenvalue weighted by Crippen LogP contribution is 2.12. The van der Waals surface area contributed by atoms with Crippen LogP contribution in [0.4, 0.5) is 0 Å². The molecule has 0 spiro atoms. The normalized spacial score (nSPS) is 11.9. The van der Waals surface area contributed by atoms with Crippen molar-refractivity contribution in [2.75, 3.05) is 0 Å². The first kappa shape index (κ1) is 11.4. The molecule has 0 unspecified atom stereocenters.